The van der Waals surface area contributed by atoms with Crippen molar-refractivity contribution in [2.75, 3.05) is 14.1 Å². The summed E-state index contributed by atoms with van der Waals surface area (Å²) in [5.41, 5.74) is 0.716. The lowest BCUT2D eigenvalue weighted by molar-refractivity contribution is 0.392. The molecule has 1 aromatic rings. The van der Waals surface area contributed by atoms with Gasteiger partial charge in [0.05, 0.1) is 0 Å². The second-order valence-corrected chi connectivity index (χ2v) is 2.76. The summed E-state index contributed by atoms with van der Waals surface area (Å²) < 4.78 is 12.9. The van der Waals surface area contributed by atoms with Crippen LogP contribution in [0.5, 0.6) is 0 Å². The monoisotopic (exact) mass is 152 g/mol. The molecule has 1 nitrogen and oxygen atoms in total. The number of benzene rings is 1. The van der Waals surface area contributed by atoms with E-state index >= 15 is 0 Å². The van der Waals surface area contributed by atoms with Crippen LogP contribution in [0.1, 0.15) is 5.56 Å². The van der Waals surface area contributed by atoms with Crippen LogP contribution in [-0.2, 0) is 6.54 Å². The van der Waals surface area contributed by atoms with Crippen molar-refractivity contribution in [3.05, 3.63) is 35.6 Å². The molecule has 0 heterocycles. The summed E-state index contributed by atoms with van der Waals surface area (Å²) >= 11 is 0. The van der Waals surface area contributed by atoms with Crippen molar-refractivity contribution in [3.8, 4) is 0 Å². The van der Waals surface area contributed by atoms with E-state index in [4.69, 9.17) is 0 Å². The standard InChI is InChI=1S/C9H11FN/c1-11(2)7-8-5-3-4-6-9(8)10/h3,5-6H,7H2,1-2H3. The maximum Gasteiger partial charge on any atom is 0.128 e. The molecule has 1 radical (unpaired) electrons. The SMILES string of the molecule is CN(C)Cc1cc[c]cc1F. The average molecular weight is 152 g/mol. The van der Waals surface area contributed by atoms with Gasteiger partial charge >= 0.3 is 0 Å². The van der Waals surface area contributed by atoms with Crippen LogP contribution >= 0.6 is 0 Å². The fourth-order valence-corrected chi connectivity index (χ4v) is 0.911. The van der Waals surface area contributed by atoms with E-state index < -0.39 is 0 Å². The Morgan fingerprint density at radius 3 is 2.82 bits per heavy atom. The number of halogens is 1. The number of nitrogens with zero attached hydrogens (tertiary/aromatic N) is 1. The van der Waals surface area contributed by atoms with E-state index in [1.54, 1.807) is 12.1 Å². The third kappa shape index (κ3) is 2.31. The molecular formula is C9H11FN. The fourth-order valence-electron chi connectivity index (χ4n) is 0.911. The first-order valence-electron chi connectivity index (χ1n) is 3.49. The predicted octanol–water partition coefficient (Wildman–Crippen LogP) is 1.69. The van der Waals surface area contributed by atoms with Crippen molar-refractivity contribution in [1.82, 2.24) is 4.90 Å². The topological polar surface area (TPSA) is 3.24 Å². The van der Waals surface area contributed by atoms with E-state index in [1.807, 2.05) is 19.0 Å². The second kappa shape index (κ2) is 3.49. The van der Waals surface area contributed by atoms with E-state index in [0.29, 0.717) is 12.1 Å². The Balaban J connectivity index is 2.78. The van der Waals surface area contributed by atoms with Gasteiger partial charge in [-0.25, -0.2) is 4.39 Å². The van der Waals surface area contributed by atoms with Gasteiger partial charge in [0, 0.05) is 12.1 Å². The molecule has 0 atom stereocenters. The first-order chi connectivity index (χ1) is 5.20. The van der Waals surface area contributed by atoms with Crippen LogP contribution in [0.15, 0.2) is 18.2 Å². The van der Waals surface area contributed by atoms with E-state index in [2.05, 4.69) is 6.07 Å². The van der Waals surface area contributed by atoms with Crippen molar-refractivity contribution in [3.63, 3.8) is 0 Å². The molecule has 59 valence electrons. The highest BCUT2D eigenvalue weighted by Gasteiger charge is 2.00. The minimum absolute atomic E-state index is 0.179. The Bertz CT molecular complexity index is 233. The molecule has 0 aromatic heterocycles. The van der Waals surface area contributed by atoms with Gasteiger partial charge in [0.1, 0.15) is 5.82 Å². The molecule has 0 amide bonds. The third-order valence-corrected chi connectivity index (χ3v) is 1.38. The number of hydrogen-bond acceptors (Lipinski definition) is 1. The molecular weight excluding hydrogens is 141 g/mol. The first-order valence-corrected chi connectivity index (χ1v) is 3.49. The van der Waals surface area contributed by atoms with Crippen molar-refractivity contribution in [1.29, 1.82) is 0 Å². The highest BCUT2D eigenvalue weighted by molar-refractivity contribution is 5.15. The van der Waals surface area contributed by atoms with Gasteiger partial charge in [0.25, 0.3) is 0 Å². The van der Waals surface area contributed by atoms with Gasteiger partial charge in [-0.05, 0) is 26.2 Å². The van der Waals surface area contributed by atoms with Gasteiger partial charge in [-0.15, -0.1) is 0 Å². The van der Waals surface area contributed by atoms with Crippen LogP contribution in [0.25, 0.3) is 0 Å². The highest BCUT2D eigenvalue weighted by atomic mass is 19.1. The number of rotatable bonds is 2. The van der Waals surface area contributed by atoms with E-state index in [0.717, 1.165) is 0 Å². The summed E-state index contributed by atoms with van der Waals surface area (Å²) in [5.74, 6) is -0.179. The summed E-state index contributed by atoms with van der Waals surface area (Å²) in [6.45, 7) is 0.639. The van der Waals surface area contributed by atoms with Gasteiger partial charge in [0.15, 0.2) is 0 Å². The van der Waals surface area contributed by atoms with Crippen LogP contribution in [0.3, 0.4) is 0 Å². The van der Waals surface area contributed by atoms with Crippen LogP contribution in [0.2, 0.25) is 0 Å². The zero-order valence-corrected chi connectivity index (χ0v) is 6.76. The Morgan fingerprint density at radius 2 is 2.27 bits per heavy atom. The smallest absolute Gasteiger partial charge is 0.128 e. The van der Waals surface area contributed by atoms with Crippen LogP contribution in [0.4, 0.5) is 4.39 Å². The zero-order valence-electron chi connectivity index (χ0n) is 6.76. The zero-order chi connectivity index (χ0) is 8.27. The lowest BCUT2D eigenvalue weighted by Gasteiger charge is -2.09. The van der Waals surface area contributed by atoms with Crippen molar-refractivity contribution < 1.29 is 4.39 Å². The van der Waals surface area contributed by atoms with Crippen LogP contribution in [0, 0.1) is 11.9 Å². The largest absolute Gasteiger partial charge is 0.305 e. The molecule has 0 spiro atoms. The quantitative estimate of drug-likeness (QED) is 0.623. The van der Waals surface area contributed by atoms with E-state index in [1.165, 1.54) is 6.07 Å². The summed E-state index contributed by atoms with van der Waals surface area (Å²) in [7, 11) is 3.83. The second-order valence-electron chi connectivity index (χ2n) is 2.76. The summed E-state index contributed by atoms with van der Waals surface area (Å²) in [4.78, 5) is 1.93. The van der Waals surface area contributed by atoms with Crippen LogP contribution < -0.4 is 0 Å². The first kappa shape index (κ1) is 8.21. The molecule has 1 rings (SSSR count). The molecule has 0 aliphatic carbocycles. The maximum atomic E-state index is 12.9. The Morgan fingerprint density at radius 1 is 1.55 bits per heavy atom. The Hall–Kier alpha value is -0.890. The minimum Gasteiger partial charge on any atom is -0.305 e. The molecule has 0 bridgehead atoms. The molecule has 0 saturated heterocycles. The van der Waals surface area contributed by atoms with Crippen molar-refractivity contribution in [2.45, 2.75) is 6.54 Å². The van der Waals surface area contributed by atoms with Gasteiger partial charge in [0.2, 0.25) is 0 Å². The fraction of sp³-hybridized carbons (Fsp3) is 0.333. The van der Waals surface area contributed by atoms with Crippen molar-refractivity contribution >= 4 is 0 Å². The maximum absolute atomic E-state index is 12.9. The molecule has 0 unspecified atom stereocenters. The lowest BCUT2D eigenvalue weighted by Crippen LogP contribution is -2.11. The average Bonchev–Trinajstić information content (AvgIpc) is 1.93. The Kier molecular flexibility index (Phi) is 2.60. The molecule has 11 heavy (non-hydrogen) atoms. The highest BCUT2D eigenvalue weighted by Crippen LogP contribution is 2.06. The minimum atomic E-state index is -0.179. The number of hydrogen-bond donors (Lipinski definition) is 0. The molecule has 0 aliphatic heterocycles. The molecule has 0 saturated carbocycles. The van der Waals surface area contributed by atoms with E-state index in [-0.39, 0.29) is 5.82 Å². The van der Waals surface area contributed by atoms with Crippen LogP contribution in [-0.4, -0.2) is 19.0 Å². The molecule has 0 fully saturated rings. The molecule has 2 heteroatoms. The van der Waals surface area contributed by atoms with E-state index in [9.17, 15) is 4.39 Å². The van der Waals surface area contributed by atoms with Gasteiger partial charge < -0.3 is 4.90 Å². The predicted molar refractivity (Wildman–Crippen MR) is 42.6 cm³/mol. The third-order valence-electron chi connectivity index (χ3n) is 1.38. The molecule has 0 aliphatic rings. The van der Waals surface area contributed by atoms with Gasteiger partial charge in [-0.3, -0.25) is 0 Å². The normalized spacial score (nSPS) is 10.5. The Labute approximate surface area is 66.5 Å². The van der Waals surface area contributed by atoms with Gasteiger partial charge in [-0.1, -0.05) is 12.1 Å². The molecule has 0 N–H and O–H groups in total. The van der Waals surface area contributed by atoms with Gasteiger partial charge in [-0.2, -0.15) is 0 Å². The summed E-state index contributed by atoms with van der Waals surface area (Å²) in [6.07, 6.45) is 0. The molecule has 1 aromatic carbocycles. The van der Waals surface area contributed by atoms with Crippen molar-refractivity contribution in [2.24, 2.45) is 0 Å². The summed E-state index contributed by atoms with van der Waals surface area (Å²) in [6, 6.07) is 7.51. The lowest BCUT2D eigenvalue weighted by atomic mass is 10.2. The summed E-state index contributed by atoms with van der Waals surface area (Å²) in [5, 5.41) is 0.